The normalized spacial score (nSPS) is 20.7. The number of carbonyl (C=O) groups is 2. The third-order valence-electron chi connectivity index (χ3n) is 5.05. The molecule has 1 saturated carbocycles. The summed E-state index contributed by atoms with van der Waals surface area (Å²) in [5.41, 5.74) is 0.959. The molecule has 1 aliphatic carbocycles. The minimum Gasteiger partial charge on any atom is -0.351 e. The lowest BCUT2D eigenvalue weighted by Crippen LogP contribution is -2.46. The number of carbonyl (C=O) groups excluding carboxylic acids is 2. The number of rotatable bonds is 5. The third kappa shape index (κ3) is 5.86. The van der Waals surface area contributed by atoms with Gasteiger partial charge in [0.05, 0.1) is 0 Å². The molecule has 1 N–H and O–H groups in total. The molecule has 0 atom stereocenters. The van der Waals surface area contributed by atoms with Crippen molar-refractivity contribution in [3.05, 3.63) is 35.9 Å². The molecule has 2 amide bonds. The fourth-order valence-electron chi connectivity index (χ4n) is 3.60. The Bertz CT molecular complexity index is 596. The third-order valence-corrected chi connectivity index (χ3v) is 5.05. The van der Waals surface area contributed by atoms with E-state index < -0.39 is 0 Å². The zero-order valence-corrected chi connectivity index (χ0v) is 16.9. The molecule has 0 heterocycles. The molecule has 4 nitrogen and oxygen atoms in total. The van der Waals surface area contributed by atoms with E-state index in [2.05, 4.69) is 31.3 Å². The standard InChI is InChI=1S/C22H34N2O2/c1-16(2)24(15-17-9-7-6-8-10-17)21(26)19-13-11-18(12-14-19)20(25)23-22(3,4)5/h6-10,16,18-19H,11-15H2,1-5H3,(H,23,25). The van der Waals surface area contributed by atoms with Crippen molar-refractivity contribution in [3.63, 3.8) is 0 Å². The van der Waals surface area contributed by atoms with Gasteiger partial charge in [0.1, 0.15) is 0 Å². The predicted octanol–water partition coefficient (Wildman–Crippen LogP) is 4.14. The van der Waals surface area contributed by atoms with Crippen molar-refractivity contribution < 1.29 is 9.59 Å². The minimum absolute atomic E-state index is 0.0415. The summed E-state index contributed by atoms with van der Waals surface area (Å²) in [5.74, 6) is 0.451. The Kier molecular flexibility index (Phi) is 6.85. The SMILES string of the molecule is CC(C)N(Cc1ccccc1)C(=O)C1CCC(C(=O)NC(C)(C)C)CC1. The topological polar surface area (TPSA) is 49.4 Å². The van der Waals surface area contributed by atoms with Crippen molar-refractivity contribution >= 4 is 11.8 Å². The molecule has 0 spiro atoms. The molecule has 2 rings (SSSR count). The van der Waals surface area contributed by atoms with E-state index in [9.17, 15) is 9.59 Å². The highest BCUT2D eigenvalue weighted by atomic mass is 16.2. The van der Waals surface area contributed by atoms with Crippen LogP contribution in [0, 0.1) is 11.8 Å². The highest BCUT2D eigenvalue weighted by Crippen LogP contribution is 2.31. The van der Waals surface area contributed by atoms with Gasteiger partial charge >= 0.3 is 0 Å². The first-order valence-corrected chi connectivity index (χ1v) is 9.84. The van der Waals surface area contributed by atoms with E-state index in [1.807, 2.05) is 43.9 Å². The van der Waals surface area contributed by atoms with Crippen molar-refractivity contribution in [2.75, 3.05) is 0 Å². The van der Waals surface area contributed by atoms with E-state index in [1.54, 1.807) is 0 Å². The second-order valence-corrected chi connectivity index (χ2v) is 8.83. The largest absolute Gasteiger partial charge is 0.351 e. The molecule has 1 aromatic carbocycles. The monoisotopic (exact) mass is 358 g/mol. The summed E-state index contributed by atoms with van der Waals surface area (Å²) in [5, 5.41) is 3.07. The number of amides is 2. The van der Waals surface area contributed by atoms with Gasteiger partial charge in [-0.1, -0.05) is 30.3 Å². The van der Waals surface area contributed by atoms with E-state index in [4.69, 9.17) is 0 Å². The molecule has 0 unspecified atom stereocenters. The average molecular weight is 359 g/mol. The maximum absolute atomic E-state index is 13.1. The smallest absolute Gasteiger partial charge is 0.226 e. The van der Waals surface area contributed by atoms with Gasteiger partial charge in [-0.2, -0.15) is 0 Å². The van der Waals surface area contributed by atoms with Gasteiger partial charge in [0.15, 0.2) is 0 Å². The van der Waals surface area contributed by atoms with Crippen LogP contribution >= 0.6 is 0 Å². The van der Waals surface area contributed by atoms with Gasteiger partial charge < -0.3 is 10.2 Å². The second kappa shape index (κ2) is 8.70. The van der Waals surface area contributed by atoms with Gasteiger partial charge in [0.2, 0.25) is 11.8 Å². The number of hydrogen-bond donors (Lipinski definition) is 1. The van der Waals surface area contributed by atoms with Crippen LogP contribution < -0.4 is 5.32 Å². The zero-order chi connectivity index (χ0) is 19.3. The van der Waals surface area contributed by atoms with Crippen LogP contribution in [0.2, 0.25) is 0 Å². The lowest BCUT2D eigenvalue weighted by molar-refractivity contribution is -0.140. The second-order valence-electron chi connectivity index (χ2n) is 8.83. The summed E-state index contributed by atoms with van der Waals surface area (Å²) in [6, 6.07) is 10.3. The van der Waals surface area contributed by atoms with Gasteiger partial charge in [0, 0.05) is 30.0 Å². The Morgan fingerprint density at radius 1 is 1.04 bits per heavy atom. The number of benzene rings is 1. The first kappa shape index (κ1) is 20.5. The maximum Gasteiger partial charge on any atom is 0.226 e. The quantitative estimate of drug-likeness (QED) is 0.860. The fraction of sp³-hybridized carbons (Fsp3) is 0.636. The van der Waals surface area contributed by atoms with Crippen LogP contribution in [0.4, 0.5) is 0 Å². The molecule has 1 fully saturated rings. The van der Waals surface area contributed by atoms with Crippen LogP contribution in [-0.4, -0.2) is 28.3 Å². The predicted molar refractivity (Wildman–Crippen MR) is 105 cm³/mol. The Morgan fingerprint density at radius 2 is 1.58 bits per heavy atom. The molecule has 26 heavy (non-hydrogen) atoms. The molecular formula is C22H34N2O2. The Balaban J connectivity index is 1.94. The Labute approximate surface area is 158 Å². The average Bonchev–Trinajstić information content (AvgIpc) is 2.58. The number of nitrogens with one attached hydrogen (secondary N) is 1. The minimum atomic E-state index is -0.201. The van der Waals surface area contributed by atoms with Crippen molar-refractivity contribution in [1.29, 1.82) is 0 Å². The molecule has 0 aliphatic heterocycles. The Morgan fingerprint density at radius 3 is 2.08 bits per heavy atom. The maximum atomic E-state index is 13.1. The lowest BCUT2D eigenvalue weighted by atomic mass is 9.80. The van der Waals surface area contributed by atoms with Crippen molar-refractivity contribution in [2.24, 2.45) is 11.8 Å². The summed E-state index contributed by atoms with van der Waals surface area (Å²) in [6.45, 7) is 10.8. The van der Waals surface area contributed by atoms with Crippen molar-refractivity contribution in [3.8, 4) is 0 Å². The van der Waals surface area contributed by atoms with E-state index in [1.165, 1.54) is 0 Å². The van der Waals surface area contributed by atoms with E-state index in [0.29, 0.717) is 6.54 Å². The summed E-state index contributed by atoms with van der Waals surface area (Å²) >= 11 is 0. The summed E-state index contributed by atoms with van der Waals surface area (Å²) in [7, 11) is 0. The van der Waals surface area contributed by atoms with Crippen molar-refractivity contribution in [1.82, 2.24) is 10.2 Å². The van der Waals surface area contributed by atoms with Crippen LogP contribution in [-0.2, 0) is 16.1 Å². The van der Waals surface area contributed by atoms with Gasteiger partial charge in [-0.05, 0) is 65.9 Å². The summed E-state index contributed by atoms with van der Waals surface area (Å²) in [4.78, 5) is 27.4. The van der Waals surface area contributed by atoms with Gasteiger partial charge in [-0.3, -0.25) is 9.59 Å². The highest BCUT2D eigenvalue weighted by Gasteiger charge is 2.33. The molecule has 1 aromatic rings. The first-order chi connectivity index (χ1) is 12.2. The van der Waals surface area contributed by atoms with Crippen LogP contribution in [0.25, 0.3) is 0 Å². The van der Waals surface area contributed by atoms with Crippen LogP contribution in [0.3, 0.4) is 0 Å². The van der Waals surface area contributed by atoms with Crippen LogP contribution in [0.1, 0.15) is 65.9 Å². The molecule has 0 bridgehead atoms. The molecule has 4 heteroatoms. The van der Waals surface area contributed by atoms with Gasteiger partial charge in [-0.25, -0.2) is 0 Å². The van der Waals surface area contributed by atoms with Crippen molar-refractivity contribution in [2.45, 2.75) is 78.4 Å². The molecule has 0 saturated heterocycles. The number of nitrogens with zero attached hydrogens (tertiary/aromatic N) is 1. The molecule has 1 aliphatic rings. The number of hydrogen-bond acceptors (Lipinski definition) is 2. The summed E-state index contributed by atoms with van der Waals surface area (Å²) < 4.78 is 0. The van der Waals surface area contributed by atoms with Gasteiger partial charge in [0.25, 0.3) is 0 Å². The van der Waals surface area contributed by atoms with E-state index >= 15 is 0 Å². The molecule has 144 valence electrons. The van der Waals surface area contributed by atoms with Crippen LogP contribution in [0.5, 0.6) is 0 Å². The highest BCUT2D eigenvalue weighted by molar-refractivity contribution is 5.81. The summed E-state index contributed by atoms with van der Waals surface area (Å²) in [6.07, 6.45) is 3.21. The lowest BCUT2D eigenvalue weighted by Gasteiger charge is -2.34. The fourth-order valence-corrected chi connectivity index (χ4v) is 3.60. The molecule has 0 aromatic heterocycles. The Hall–Kier alpha value is -1.84. The first-order valence-electron chi connectivity index (χ1n) is 9.84. The van der Waals surface area contributed by atoms with E-state index in [-0.39, 0.29) is 35.2 Å². The van der Waals surface area contributed by atoms with Crippen LogP contribution in [0.15, 0.2) is 30.3 Å². The zero-order valence-electron chi connectivity index (χ0n) is 16.9. The van der Waals surface area contributed by atoms with E-state index in [0.717, 1.165) is 31.2 Å². The molecular weight excluding hydrogens is 324 g/mol. The molecule has 0 radical (unpaired) electrons. The van der Waals surface area contributed by atoms with Gasteiger partial charge in [-0.15, -0.1) is 0 Å².